The second-order valence-electron chi connectivity index (χ2n) is 16.1. The van der Waals surface area contributed by atoms with Crippen LogP contribution >= 0.6 is 11.8 Å². The van der Waals surface area contributed by atoms with Gasteiger partial charge in [0, 0.05) is 135 Å². The molecule has 0 spiro atoms. The van der Waals surface area contributed by atoms with Crippen molar-refractivity contribution in [3.63, 3.8) is 0 Å². The number of amides is 7. The summed E-state index contributed by atoms with van der Waals surface area (Å²) < 4.78 is 21.5. The van der Waals surface area contributed by atoms with Gasteiger partial charge < -0.3 is 49.3 Å². The van der Waals surface area contributed by atoms with E-state index in [9.17, 15) is 23.4 Å². The number of anilines is 2. The first kappa shape index (κ1) is 44.5. The first-order valence-corrected chi connectivity index (χ1v) is 21.8. The predicted octanol–water partition coefficient (Wildman–Crippen LogP) is 4.09. The van der Waals surface area contributed by atoms with Crippen LogP contribution in [0, 0.1) is 0 Å². The SMILES string of the molecule is CC(C)(C)c1cc(N)no1.CC(C)(C)c1cc(NC(=O)N2CCCN(C(=O)N3CCSCC3)CC2)no1.O=C(O)N1CCCN(C(=O)N2CCS(=O)CC2)CC1. The molecule has 2 aromatic heterocycles. The zero-order chi connectivity index (χ0) is 41.0. The highest BCUT2D eigenvalue weighted by Crippen LogP contribution is 2.25. The van der Waals surface area contributed by atoms with Crippen molar-refractivity contribution in [3.05, 3.63) is 23.7 Å². The average molecular weight is 825 g/mol. The lowest BCUT2D eigenvalue weighted by Gasteiger charge is -2.32. The van der Waals surface area contributed by atoms with E-state index in [4.69, 9.17) is 19.9 Å². The third-order valence-electron chi connectivity index (χ3n) is 9.57. The molecule has 20 heteroatoms. The lowest BCUT2D eigenvalue weighted by molar-refractivity contribution is 0.142. The molecule has 6 heterocycles. The Kier molecular flexibility index (Phi) is 16.1. The van der Waals surface area contributed by atoms with Gasteiger partial charge in [-0.3, -0.25) is 9.53 Å². The van der Waals surface area contributed by atoms with Crippen LogP contribution in [0.25, 0.3) is 0 Å². The summed E-state index contributed by atoms with van der Waals surface area (Å²) in [6.45, 7) is 19.2. The van der Waals surface area contributed by atoms with E-state index in [0.29, 0.717) is 95.0 Å². The van der Waals surface area contributed by atoms with E-state index in [-0.39, 0.29) is 28.9 Å². The first-order chi connectivity index (χ1) is 26.4. The summed E-state index contributed by atoms with van der Waals surface area (Å²) in [5.74, 6) is 5.51. The van der Waals surface area contributed by atoms with Gasteiger partial charge in [0.15, 0.2) is 11.6 Å². The van der Waals surface area contributed by atoms with Gasteiger partial charge in [0.05, 0.1) is 0 Å². The quantitative estimate of drug-likeness (QED) is 0.371. The van der Waals surface area contributed by atoms with Crippen molar-refractivity contribution in [2.45, 2.75) is 65.2 Å². The van der Waals surface area contributed by atoms with Crippen molar-refractivity contribution in [3.8, 4) is 0 Å². The molecule has 0 bridgehead atoms. The van der Waals surface area contributed by atoms with Gasteiger partial charge in [-0.25, -0.2) is 19.2 Å². The fourth-order valence-electron chi connectivity index (χ4n) is 6.11. The average Bonchev–Trinajstić information content (AvgIpc) is 3.65. The van der Waals surface area contributed by atoms with Crippen molar-refractivity contribution in [2.24, 2.45) is 0 Å². The molecule has 0 aliphatic carbocycles. The summed E-state index contributed by atoms with van der Waals surface area (Å²) in [6, 6.07) is 3.36. The van der Waals surface area contributed by atoms with E-state index in [1.54, 1.807) is 26.8 Å². The third-order valence-corrected chi connectivity index (χ3v) is 11.8. The number of thioether (sulfide) groups is 1. The number of nitrogens with zero attached hydrogens (tertiary/aromatic N) is 8. The molecule has 4 N–H and O–H groups in total. The maximum atomic E-state index is 12.7. The summed E-state index contributed by atoms with van der Waals surface area (Å²) in [6.07, 6.45) is 0.508. The van der Waals surface area contributed by atoms with Gasteiger partial charge in [0.1, 0.15) is 11.5 Å². The van der Waals surface area contributed by atoms with E-state index in [0.717, 1.165) is 42.5 Å². The van der Waals surface area contributed by atoms with Gasteiger partial charge in [-0.15, -0.1) is 0 Å². The van der Waals surface area contributed by atoms with E-state index >= 15 is 0 Å². The highest BCUT2D eigenvalue weighted by Gasteiger charge is 2.29. The summed E-state index contributed by atoms with van der Waals surface area (Å²) in [7, 11) is -0.796. The fourth-order valence-corrected chi connectivity index (χ4v) is 8.07. The van der Waals surface area contributed by atoms with Crippen LogP contribution in [0.4, 0.5) is 30.8 Å². The standard InChI is InChI=1S/C18H29N5O3S.C11H19N3O4S.C7H12N2O/c1-18(2,3)14-13-15(20-26-14)19-16(24)21-5-4-6-22(8-7-21)17(25)23-9-11-27-12-10-23;15-10(13-6-8-19(18)9-7-13)12-2-1-3-14(5-4-12)11(16)17;1-7(2,3)5-4-6(8)9-10-5/h13H,4-12H2,1-3H3,(H,19,20,24);1-9H2,(H,16,17);4H,1-3H3,(H2,8,9). The van der Waals surface area contributed by atoms with Gasteiger partial charge >= 0.3 is 24.2 Å². The molecule has 4 aliphatic rings. The van der Waals surface area contributed by atoms with E-state index in [2.05, 4.69) is 15.6 Å². The van der Waals surface area contributed by atoms with Gasteiger partial charge in [-0.05, 0) is 12.8 Å². The number of nitrogens with one attached hydrogen (secondary N) is 1. The van der Waals surface area contributed by atoms with Crippen molar-refractivity contribution in [1.29, 1.82) is 0 Å². The molecule has 4 fully saturated rings. The van der Waals surface area contributed by atoms with E-state index in [1.807, 2.05) is 63.1 Å². The number of hydrogen-bond donors (Lipinski definition) is 3. The van der Waals surface area contributed by atoms with E-state index in [1.165, 1.54) is 4.90 Å². The Labute approximate surface area is 336 Å². The second kappa shape index (κ2) is 20.3. The Bertz CT molecular complexity index is 1630. The molecule has 0 aromatic carbocycles. The van der Waals surface area contributed by atoms with Crippen molar-refractivity contribution < 1.29 is 37.5 Å². The molecular formula is C36H60N10O8S2. The second-order valence-corrected chi connectivity index (χ2v) is 19.0. The van der Waals surface area contributed by atoms with Crippen LogP contribution in [0.15, 0.2) is 21.2 Å². The lowest BCUT2D eigenvalue weighted by Crippen LogP contribution is -2.49. The third kappa shape index (κ3) is 13.5. The highest BCUT2D eigenvalue weighted by atomic mass is 32.2. The topological polar surface area (TPSA) is 215 Å². The summed E-state index contributed by atoms with van der Waals surface area (Å²) in [4.78, 5) is 58.7. The largest absolute Gasteiger partial charge is 0.465 e. The highest BCUT2D eigenvalue weighted by molar-refractivity contribution is 7.99. The molecule has 18 nitrogen and oxygen atoms in total. The predicted molar refractivity (Wildman–Crippen MR) is 217 cm³/mol. The Hall–Kier alpha value is -4.20. The van der Waals surface area contributed by atoms with Crippen LogP contribution < -0.4 is 11.1 Å². The summed E-state index contributed by atoms with van der Waals surface area (Å²) >= 11 is 1.89. The number of carbonyl (C=O) groups excluding carboxylic acids is 3. The Morgan fingerprint density at radius 1 is 0.679 bits per heavy atom. The minimum Gasteiger partial charge on any atom is -0.465 e. The molecule has 0 radical (unpaired) electrons. The van der Waals surface area contributed by atoms with E-state index < -0.39 is 16.9 Å². The number of hydrogen-bond acceptors (Lipinski definition) is 11. The number of nitrogens with two attached hydrogens (primary N) is 1. The minimum atomic E-state index is -0.928. The molecule has 7 amide bonds. The molecule has 2 aromatic rings. The Morgan fingerprint density at radius 3 is 1.61 bits per heavy atom. The van der Waals surface area contributed by atoms with Crippen LogP contribution in [0.3, 0.4) is 0 Å². The lowest BCUT2D eigenvalue weighted by atomic mass is 9.93. The molecule has 4 saturated heterocycles. The van der Waals surface area contributed by atoms with Crippen LogP contribution in [0.1, 0.15) is 65.9 Å². The van der Waals surface area contributed by atoms with Gasteiger partial charge in [-0.1, -0.05) is 51.9 Å². The summed E-state index contributed by atoms with van der Waals surface area (Å²) in [5, 5.41) is 19.3. The smallest absolute Gasteiger partial charge is 0.407 e. The molecule has 0 atom stereocenters. The number of rotatable bonds is 1. The van der Waals surface area contributed by atoms with Crippen LogP contribution in [-0.4, -0.2) is 175 Å². The van der Waals surface area contributed by atoms with Crippen molar-refractivity contribution in [1.82, 2.24) is 39.7 Å². The Morgan fingerprint density at radius 2 is 1.12 bits per heavy atom. The van der Waals surface area contributed by atoms with Crippen LogP contribution in [-0.2, 0) is 21.6 Å². The van der Waals surface area contributed by atoms with Gasteiger partial charge in [0.2, 0.25) is 0 Å². The summed E-state index contributed by atoms with van der Waals surface area (Å²) in [5.41, 5.74) is 5.21. The van der Waals surface area contributed by atoms with Crippen molar-refractivity contribution >= 4 is 58.4 Å². The molecule has 56 heavy (non-hydrogen) atoms. The molecular weight excluding hydrogens is 765 g/mol. The van der Waals surface area contributed by atoms with Crippen molar-refractivity contribution in [2.75, 3.05) is 113 Å². The monoisotopic (exact) mass is 824 g/mol. The number of carboxylic acid groups (broad SMARTS) is 1. The van der Waals surface area contributed by atoms with Crippen LogP contribution in [0.2, 0.25) is 0 Å². The fraction of sp³-hybridized carbons (Fsp3) is 0.722. The number of aromatic nitrogens is 2. The molecule has 0 saturated carbocycles. The first-order valence-electron chi connectivity index (χ1n) is 19.2. The molecule has 6 rings (SSSR count). The van der Waals surface area contributed by atoms with Gasteiger partial charge in [0.25, 0.3) is 0 Å². The molecule has 4 aliphatic heterocycles. The number of urea groups is 3. The zero-order valence-electron chi connectivity index (χ0n) is 33.7. The zero-order valence-corrected chi connectivity index (χ0v) is 35.3. The molecule has 314 valence electrons. The maximum absolute atomic E-state index is 12.7. The molecule has 0 unspecified atom stereocenters. The normalized spacial score (nSPS) is 18.8. The van der Waals surface area contributed by atoms with Crippen LogP contribution in [0.5, 0.6) is 0 Å². The number of carbonyl (C=O) groups is 4. The minimum absolute atomic E-state index is 0.00458. The Balaban J connectivity index is 0.000000207. The van der Waals surface area contributed by atoms with Gasteiger partial charge in [-0.2, -0.15) is 11.8 Å². The number of nitrogen functional groups attached to an aromatic ring is 1. The maximum Gasteiger partial charge on any atom is 0.407 e.